The summed E-state index contributed by atoms with van der Waals surface area (Å²) in [6.45, 7) is 4.95. The highest BCUT2D eigenvalue weighted by Crippen LogP contribution is 2.27. The van der Waals surface area contributed by atoms with Crippen molar-refractivity contribution in [1.29, 1.82) is 0 Å². The molecule has 30 heavy (non-hydrogen) atoms. The predicted octanol–water partition coefficient (Wildman–Crippen LogP) is 2.29. The summed E-state index contributed by atoms with van der Waals surface area (Å²) in [6, 6.07) is 13.4. The third kappa shape index (κ3) is 3.80. The molecule has 2 aliphatic heterocycles. The van der Waals surface area contributed by atoms with E-state index in [2.05, 4.69) is 4.90 Å². The Morgan fingerprint density at radius 2 is 1.60 bits per heavy atom. The number of nitrogens with zero attached hydrogens (tertiary/aromatic N) is 2. The Balaban J connectivity index is 1.57. The number of hydrogen-bond acceptors (Lipinski definition) is 6. The molecule has 2 heterocycles. The molecule has 1 fully saturated rings. The zero-order valence-electron chi connectivity index (χ0n) is 16.9. The molecular formula is C23H24N2O5. The summed E-state index contributed by atoms with van der Waals surface area (Å²) in [5, 5.41) is 0. The molecule has 0 radical (unpaired) electrons. The lowest BCUT2D eigenvalue weighted by Crippen LogP contribution is -2.47. The smallest absolute Gasteiger partial charge is 0.329 e. The number of carbonyl (C=O) groups excluding carboxylic acids is 3. The van der Waals surface area contributed by atoms with Gasteiger partial charge in [0.1, 0.15) is 6.04 Å². The fourth-order valence-electron chi connectivity index (χ4n) is 3.90. The Bertz CT molecular complexity index is 915. The van der Waals surface area contributed by atoms with E-state index in [1.807, 2.05) is 24.3 Å². The van der Waals surface area contributed by atoms with Crippen molar-refractivity contribution in [2.45, 2.75) is 19.4 Å². The van der Waals surface area contributed by atoms with Gasteiger partial charge >= 0.3 is 5.97 Å². The molecule has 2 aromatic carbocycles. The second kappa shape index (κ2) is 8.67. The number of imide groups is 1. The van der Waals surface area contributed by atoms with Gasteiger partial charge in [-0.2, -0.15) is 0 Å². The lowest BCUT2D eigenvalue weighted by Gasteiger charge is -2.29. The molecule has 2 amide bonds. The molecule has 0 aromatic heterocycles. The number of carbonyl (C=O) groups is 3. The van der Waals surface area contributed by atoms with Gasteiger partial charge in [-0.05, 0) is 36.8 Å². The summed E-state index contributed by atoms with van der Waals surface area (Å²) in [7, 11) is 0. The van der Waals surface area contributed by atoms with Gasteiger partial charge in [-0.1, -0.05) is 24.3 Å². The molecule has 0 bridgehead atoms. The van der Waals surface area contributed by atoms with E-state index in [1.54, 1.807) is 31.2 Å². The summed E-state index contributed by atoms with van der Waals surface area (Å²) < 4.78 is 10.6. The van der Waals surface area contributed by atoms with Gasteiger partial charge in [-0.15, -0.1) is 0 Å². The van der Waals surface area contributed by atoms with E-state index in [9.17, 15) is 14.4 Å². The topological polar surface area (TPSA) is 76.2 Å². The zero-order chi connectivity index (χ0) is 21.1. The van der Waals surface area contributed by atoms with Crippen LogP contribution in [0.3, 0.4) is 0 Å². The first-order valence-corrected chi connectivity index (χ1v) is 10.2. The average molecular weight is 408 g/mol. The highest BCUT2D eigenvalue weighted by molar-refractivity contribution is 6.22. The molecule has 0 aliphatic carbocycles. The van der Waals surface area contributed by atoms with Gasteiger partial charge in [0.25, 0.3) is 11.8 Å². The summed E-state index contributed by atoms with van der Waals surface area (Å²) in [5.41, 5.74) is 2.57. The minimum absolute atomic E-state index is 0.175. The molecule has 2 aliphatic rings. The van der Waals surface area contributed by atoms with Crippen LogP contribution < -0.4 is 4.90 Å². The Hall–Kier alpha value is -3.19. The summed E-state index contributed by atoms with van der Waals surface area (Å²) in [6.07, 6.45) is 0.202. The van der Waals surface area contributed by atoms with Gasteiger partial charge in [-0.25, -0.2) is 4.79 Å². The van der Waals surface area contributed by atoms with E-state index >= 15 is 0 Å². The summed E-state index contributed by atoms with van der Waals surface area (Å²) >= 11 is 0. The van der Waals surface area contributed by atoms with Gasteiger partial charge in [-0.3, -0.25) is 14.5 Å². The number of benzene rings is 2. The molecular weight excluding hydrogens is 384 g/mol. The van der Waals surface area contributed by atoms with Gasteiger partial charge in [0.2, 0.25) is 0 Å². The zero-order valence-corrected chi connectivity index (χ0v) is 16.9. The Kier molecular flexibility index (Phi) is 5.81. The second-order valence-electron chi connectivity index (χ2n) is 7.26. The van der Waals surface area contributed by atoms with E-state index in [1.165, 1.54) is 0 Å². The van der Waals surface area contributed by atoms with Crippen LogP contribution >= 0.6 is 0 Å². The molecule has 0 N–H and O–H groups in total. The van der Waals surface area contributed by atoms with Crippen molar-refractivity contribution in [3.05, 3.63) is 65.2 Å². The van der Waals surface area contributed by atoms with Crippen LogP contribution in [0.1, 0.15) is 33.2 Å². The Labute approximate surface area is 175 Å². The molecule has 2 aromatic rings. The maximum atomic E-state index is 12.9. The second-order valence-corrected chi connectivity index (χ2v) is 7.26. The van der Waals surface area contributed by atoms with Crippen molar-refractivity contribution in [3.8, 4) is 0 Å². The van der Waals surface area contributed by atoms with Crippen molar-refractivity contribution in [3.63, 3.8) is 0 Å². The number of hydrogen-bond donors (Lipinski definition) is 0. The van der Waals surface area contributed by atoms with Crippen LogP contribution in [0, 0.1) is 0 Å². The van der Waals surface area contributed by atoms with Crippen LogP contribution in [-0.2, 0) is 20.7 Å². The Morgan fingerprint density at radius 1 is 1.00 bits per heavy atom. The SMILES string of the molecule is CCOC(=O)[C@H](Cc1ccc(N2CCOCC2)cc1)N1C(=O)c2ccccc2C1=O. The number of fused-ring (bicyclic) bond motifs is 1. The molecule has 0 unspecified atom stereocenters. The predicted molar refractivity (Wildman–Crippen MR) is 111 cm³/mol. The van der Waals surface area contributed by atoms with Crippen LogP contribution in [-0.4, -0.2) is 61.6 Å². The fourth-order valence-corrected chi connectivity index (χ4v) is 3.90. The maximum absolute atomic E-state index is 12.9. The van der Waals surface area contributed by atoms with E-state index in [0.29, 0.717) is 24.3 Å². The minimum atomic E-state index is -1.01. The molecule has 1 saturated heterocycles. The highest BCUT2D eigenvalue weighted by atomic mass is 16.5. The summed E-state index contributed by atoms with van der Waals surface area (Å²) in [4.78, 5) is 41.8. The van der Waals surface area contributed by atoms with E-state index in [0.717, 1.165) is 29.2 Å². The van der Waals surface area contributed by atoms with E-state index < -0.39 is 23.8 Å². The van der Waals surface area contributed by atoms with Gasteiger partial charge in [0, 0.05) is 25.2 Å². The maximum Gasteiger partial charge on any atom is 0.329 e. The number of ether oxygens (including phenoxy) is 2. The first-order valence-electron chi connectivity index (χ1n) is 10.2. The highest BCUT2D eigenvalue weighted by Gasteiger charge is 2.43. The van der Waals surface area contributed by atoms with Gasteiger partial charge in [0.05, 0.1) is 30.9 Å². The van der Waals surface area contributed by atoms with Crippen LogP contribution in [0.5, 0.6) is 0 Å². The molecule has 4 rings (SSSR count). The van der Waals surface area contributed by atoms with Crippen LogP contribution in [0.2, 0.25) is 0 Å². The fraction of sp³-hybridized carbons (Fsp3) is 0.348. The number of rotatable bonds is 6. The quantitative estimate of drug-likeness (QED) is 0.539. The van der Waals surface area contributed by atoms with Gasteiger partial charge in [0.15, 0.2) is 0 Å². The van der Waals surface area contributed by atoms with Crippen LogP contribution in [0.15, 0.2) is 48.5 Å². The molecule has 0 spiro atoms. The average Bonchev–Trinajstić information content (AvgIpc) is 3.04. The lowest BCUT2D eigenvalue weighted by molar-refractivity contribution is -0.147. The normalized spacial score (nSPS) is 17.1. The summed E-state index contributed by atoms with van der Waals surface area (Å²) in [5.74, 6) is -1.50. The molecule has 156 valence electrons. The lowest BCUT2D eigenvalue weighted by atomic mass is 10.0. The largest absolute Gasteiger partial charge is 0.464 e. The molecule has 7 heteroatoms. The standard InChI is InChI=1S/C23H24N2O5/c1-2-30-23(28)20(25-21(26)18-5-3-4-6-19(18)22(25)27)15-16-7-9-17(10-8-16)24-11-13-29-14-12-24/h3-10,20H,2,11-15H2,1H3/t20-/m0/s1. The van der Waals surface area contributed by atoms with E-state index in [4.69, 9.17) is 9.47 Å². The third-order valence-corrected chi connectivity index (χ3v) is 5.44. The third-order valence-electron chi connectivity index (χ3n) is 5.44. The first kappa shape index (κ1) is 20.1. The molecule has 1 atom stereocenters. The van der Waals surface area contributed by atoms with Crippen molar-refractivity contribution < 1.29 is 23.9 Å². The number of amides is 2. The first-order chi connectivity index (χ1) is 14.6. The number of anilines is 1. The van der Waals surface area contributed by atoms with Crippen molar-refractivity contribution in [2.24, 2.45) is 0 Å². The van der Waals surface area contributed by atoms with E-state index in [-0.39, 0.29) is 13.0 Å². The van der Waals surface area contributed by atoms with Crippen molar-refractivity contribution in [1.82, 2.24) is 4.90 Å². The number of morpholine rings is 1. The number of esters is 1. The van der Waals surface area contributed by atoms with Crippen LogP contribution in [0.4, 0.5) is 5.69 Å². The Morgan fingerprint density at radius 3 is 2.17 bits per heavy atom. The molecule has 7 nitrogen and oxygen atoms in total. The molecule has 0 saturated carbocycles. The van der Waals surface area contributed by atoms with Crippen molar-refractivity contribution >= 4 is 23.5 Å². The minimum Gasteiger partial charge on any atom is -0.464 e. The monoisotopic (exact) mass is 408 g/mol. The van der Waals surface area contributed by atoms with Crippen LogP contribution in [0.25, 0.3) is 0 Å². The van der Waals surface area contributed by atoms with Crippen molar-refractivity contribution in [2.75, 3.05) is 37.8 Å². The van der Waals surface area contributed by atoms with Gasteiger partial charge < -0.3 is 14.4 Å².